The zero-order chi connectivity index (χ0) is 24.2. The third kappa shape index (κ3) is 5.09. The molecule has 3 aromatic rings. The van der Waals surface area contributed by atoms with Crippen LogP contribution in [0.5, 0.6) is 0 Å². The van der Waals surface area contributed by atoms with Crippen molar-refractivity contribution in [2.75, 3.05) is 12.3 Å². The van der Waals surface area contributed by atoms with Gasteiger partial charge in [-0.1, -0.05) is 24.2 Å². The van der Waals surface area contributed by atoms with Crippen molar-refractivity contribution in [3.05, 3.63) is 58.9 Å². The molecule has 4 rings (SSSR count). The van der Waals surface area contributed by atoms with E-state index in [1.807, 2.05) is 46.9 Å². The van der Waals surface area contributed by atoms with Gasteiger partial charge in [-0.3, -0.25) is 9.59 Å². The standard InChI is InChI=1S/C25H30FN5O2S/c1-4-30-23(15-29-12-7-5-6-11-24(29)33)27-28-25(30)34-16-22(32)21-13-17(2)31(18(21)3)20-10-8-9-19(26)14-20/h8-10,13-14H,4-7,11-12,15-16H2,1-3H3. The van der Waals surface area contributed by atoms with E-state index in [0.29, 0.717) is 35.9 Å². The zero-order valence-electron chi connectivity index (χ0n) is 19.9. The second-order valence-electron chi connectivity index (χ2n) is 8.58. The summed E-state index contributed by atoms with van der Waals surface area (Å²) >= 11 is 1.35. The van der Waals surface area contributed by atoms with Gasteiger partial charge in [0.05, 0.1) is 12.3 Å². The maximum Gasteiger partial charge on any atom is 0.222 e. The number of carbonyl (C=O) groups is 2. The van der Waals surface area contributed by atoms with E-state index in [4.69, 9.17) is 0 Å². The lowest BCUT2D eigenvalue weighted by Gasteiger charge is -2.20. The van der Waals surface area contributed by atoms with Crippen molar-refractivity contribution in [3.63, 3.8) is 0 Å². The van der Waals surface area contributed by atoms with Crippen LogP contribution in [0, 0.1) is 19.7 Å². The molecule has 34 heavy (non-hydrogen) atoms. The molecule has 0 spiro atoms. The predicted octanol–water partition coefficient (Wildman–Crippen LogP) is 4.72. The molecular weight excluding hydrogens is 453 g/mol. The lowest BCUT2D eigenvalue weighted by Crippen LogP contribution is -2.31. The molecule has 0 radical (unpaired) electrons. The van der Waals surface area contributed by atoms with E-state index in [1.165, 1.54) is 23.9 Å². The Morgan fingerprint density at radius 3 is 2.74 bits per heavy atom. The second-order valence-corrected chi connectivity index (χ2v) is 9.52. The number of aryl methyl sites for hydroxylation is 1. The highest BCUT2D eigenvalue weighted by Crippen LogP contribution is 2.25. The van der Waals surface area contributed by atoms with Gasteiger partial charge in [-0.2, -0.15) is 0 Å². The molecule has 0 bridgehead atoms. The van der Waals surface area contributed by atoms with Crippen LogP contribution in [0.2, 0.25) is 0 Å². The van der Waals surface area contributed by atoms with Gasteiger partial charge in [0.25, 0.3) is 0 Å². The molecule has 2 aromatic heterocycles. The topological polar surface area (TPSA) is 73.0 Å². The first-order valence-electron chi connectivity index (χ1n) is 11.7. The van der Waals surface area contributed by atoms with Gasteiger partial charge in [-0.05, 0) is 57.9 Å². The number of halogens is 1. The molecule has 1 aromatic carbocycles. The van der Waals surface area contributed by atoms with Gasteiger partial charge in [0.2, 0.25) is 5.91 Å². The number of thioether (sulfide) groups is 1. The van der Waals surface area contributed by atoms with Crippen molar-refractivity contribution in [1.82, 2.24) is 24.2 Å². The highest BCUT2D eigenvalue weighted by molar-refractivity contribution is 7.99. The highest BCUT2D eigenvalue weighted by Gasteiger charge is 2.22. The number of rotatable bonds is 8. The lowest BCUT2D eigenvalue weighted by atomic mass is 10.2. The number of likely N-dealkylation sites (tertiary alicyclic amines) is 1. The van der Waals surface area contributed by atoms with Gasteiger partial charge in [0.15, 0.2) is 16.8 Å². The third-order valence-electron chi connectivity index (χ3n) is 6.24. The van der Waals surface area contributed by atoms with Crippen LogP contribution in [-0.2, 0) is 17.9 Å². The number of ketones is 1. The molecule has 1 aliphatic heterocycles. The van der Waals surface area contributed by atoms with Crippen LogP contribution >= 0.6 is 11.8 Å². The number of carbonyl (C=O) groups excluding carboxylic acids is 2. The minimum absolute atomic E-state index is 0.0179. The van der Waals surface area contributed by atoms with Crippen molar-refractivity contribution >= 4 is 23.5 Å². The maximum atomic E-state index is 13.7. The SMILES string of the molecule is CCn1c(CN2CCCCCC2=O)nnc1SCC(=O)c1cc(C)n(-c2cccc(F)c2)c1C. The number of hydrogen-bond acceptors (Lipinski definition) is 5. The minimum Gasteiger partial charge on any atom is -0.335 e. The fraction of sp³-hybridized carbons (Fsp3) is 0.440. The molecule has 1 fully saturated rings. The number of hydrogen-bond donors (Lipinski definition) is 0. The van der Waals surface area contributed by atoms with Crippen LogP contribution in [0.4, 0.5) is 4.39 Å². The number of aromatic nitrogens is 4. The Labute approximate surface area is 203 Å². The van der Waals surface area contributed by atoms with E-state index in [1.54, 1.807) is 6.07 Å². The van der Waals surface area contributed by atoms with Crippen molar-refractivity contribution in [2.24, 2.45) is 0 Å². The van der Waals surface area contributed by atoms with Gasteiger partial charge in [0.1, 0.15) is 5.82 Å². The minimum atomic E-state index is -0.315. The molecule has 0 saturated carbocycles. The average Bonchev–Trinajstić information content (AvgIpc) is 3.26. The number of benzene rings is 1. The summed E-state index contributed by atoms with van der Waals surface area (Å²) in [5, 5.41) is 9.31. The third-order valence-corrected chi connectivity index (χ3v) is 7.21. The summed E-state index contributed by atoms with van der Waals surface area (Å²) in [5.41, 5.74) is 2.97. The Morgan fingerprint density at radius 2 is 1.97 bits per heavy atom. The second kappa shape index (κ2) is 10.5. The highest BCUT2D eigenvalue weighted by atomic mass is 32.2. The van der Waals surface area contributed by atoms with Crippen LogP contribution in [0.1, 0.15) is 60.2 Å². The Bertz CT molecular complexity index is 1200. The van der Waals surface area contributed by atoms with E-state index in [9.17, 15) is 14.0 Å². The molecule has 0 aliphatic carbocycles. The molecule has 1 amide bonds. The summed E-state index contributed by atoms with van der Waals surface area (Å²) in [6.07, 6.45) is 3.62. The first-order valence-corrected chi connectivity index (χ1v) is 12.7. The molecule has 180 valence electrons. The maximum absolute atomic E-state index is 13.7. The average molecular weight is 484 g/mol. The van der Waals surface area contributed by atoms with Crippen molar-refractivity contribution in [3.8, 4) is 5.69 Å². The van der Waals surface area contributed by atoms with Crippen LogP contribution < -0.4 is 0 Å². The quantitative estimate of drug-likeness (QED) is 0.342. The summed E-state index contributed by atoms with van der Waals surface area (Å²) in [4.78, 5) is 27.3. The molecule has 0 N–H and O–H groups in total. The fourth-order valence-electron chi connectivity index (χ4n) is 4.50. The molecule has 9 heteroatoms. The summed E-state index contributed by atoms with van der Waals surface area (Å²) in [6, 6.07) is 8.20. The van der Waals surface area contributed by atoms with Gasteiger partial charge in [0, 0.05) is 42.1 Å². The Kier molecular flexibility index (Phi) is 7.50. The van der Waals surface area contributed by atoms with E-state index >= 15 is 0 Å². The molecule has 1 saturated heterocycles. The summed E-state index contributed by atoms with van der Waals surface area (Å²) in [5.74, 6) is 0.799. The Balaban J connectivity index is 1.47. The first-order chi connectivity index (χ1) is 16.4. The van der Waals surface area contributed by atoms with Crippen LogP contribution in [0.15, 0.2) is 35.5 Å². The summed E-state index contributed by atoms with van der Waals surface area (Å²) in [6.45, 7) is 7.65. The van der Waals surface area contributed by atoms with Crippen molar-refractivity contribution in [2.45, 2.75) is 64.7 Å². The fourth-order valence-corrected chi connectivity index (χ4v) is 5.41. The van der Waals surface area contributed by atoms with Gasteiger partial charge >= 0.3 is 0 Å². The molecule has 0 atom stereocenters. The Morgan fingerprint density at radius 1 is 1.15 bits per heavy atom. The largest absolute Gasteiger partial charge is 0.335 e. The first kappa shape index (κ1) is 24.2. The van der Waals surface area contributed by atoms with E-state index < -0.39 is 0 Å². The number of amides is 1. The van der Waals surface area contributed by atoms with Gasteiger partial charge in [-0.25, -0.2) is 4.39 Å². The molecule has 0 unspecified atom stereocenters. The zero-order valence-corrected chi connectivity index (χ0v) is 20.7. The van der Waals surface area contributed by atoms with Crippen LogP contribution in [0.3, 0.4) is 0 Å². The van der Waals surface area contributed by atoms with Gasteiger partial charge < -0.3 is 14.0 Å². The summed E-state index contributed by atoms with van der Waals surface area (Å²) in [7, 11) is 0. The van der Waals surface area contributed by atoms with Gasteiger partial charge in [-0.15, -0.1) is 10.2 Å². The predicted molar refractivity (Wildman–Crippen MR) is 130 cm³/mol. The number of Topliss-reactive ketones (excluding diaryl/α,β-unsaturated/α-hetero) is 1. The molecule has 7 nitrogen and oxygen atoms in total. The normalized spacial score (nSPS) is 14.5. The smallest absolute Gasteiger partial charge is 0.222 e. The molecule has 1 aliphatic rings. The monoisotopic (exact) mass is 483 g/mol. The van der Waals surface area contributed by atoms with Crippen LogP contribution in [0.25, 0.3) is 5.69 Å². The number of nitrogens with zero attached hydrogens (tertiary/aromatic N) is 5. The lowest BCUT2D eigenvalue weighted by molar-refractivity contribution is -0.131. The van der Waals surface area contributed by atoms with E-state index in [2.05, 4.69) is 10.2 Å². The summed E-state index contributed by atoms with van der Waals surface area (Å²) < 4.78 is 17.6. The van der Waals surface area contributed by atoms with E-state index in [0.717, 1.165) is 43.0 Å². The molecular formula is C25H30FN5O2S. The Hall–Kier alpha value is -2.94. The molecule has 3 heterocycles. The van der Waals surface area contributed by atoms with Crippen molar-refractivity contribution < 1.29 is 14.0 Å². The van der Waals surface area contributed by atoms with E-state index in [-0.39, 0.29) is 23.3 Å². The van der Waals surface area contributed by atoms with Crippen LogP contribution in [-0.4, -0.2) is 48.2 Å². The van der Waals surface area contributed by atoms with Crippen molar-refractivity contribution in [1.29, 1.82) is 0 Å².